The van der Waals surface area contributed by atoms with Crippen LogP contribution in [0.4, 0.5) is 11.8 Å². The van der Waals surface area contributed by atoms with E-state index in [9.17, 15) is 0 Å². The van der Waals surface area contributed by atoms with Crippen LogP contribution >= 0.6 is 11.3 Å². The monoisotopic (exact) mass is 314 g/mol. The minimum atomic E-state index is 0.257. The molecule has 0 bridgehead atoms. The third-order valence-electron chi connectivity index (χ3n) is 3.76. The molecule has 1 aliphatic heterocycles. The van der Waals surface area contributed by atoms with Gasteiger partial charge in [-0.3, -0.25) is 4.90 Å². The number of thiophene rings is 1. The number of nitrogens with two attached hydrogens (primary N) is 1. The maximum atomic E-state index is 8.89. The van der Waals surface area contributed by atoms with Crippen LogP contribution in [0.15, 0.2) is 23.7 Å². The second kappa shape index (κ2) is 6.73. The Morgan fingerprint density at radius 1 is 1.32 bits per heavy atom. The van der Waals surface area contributed by atoms with Crippen molar-refractivity contribution in [3.8, 4) is 6.07 Å². The molecule has 6 nitrogen and oxygen atoms in total. The van der Waals surface area contributed by atoms with Gasteiger partial charge in [0.15, 0.2) is 0 Å². The maximum Gasteiger partial charge on any atom is 0.227 e. The quantitative estimate of drug-likeness (QED) is 0.928. The Kier molecular flexibility index (Phi) is 4.51. The standard InChI is InChI=1S/C15H18N6S/c16-9-12-10-18-15(19-14(12)17)21-5-2-4-20(6-7-21)11-13-3-1-8-22-13/h1,3,8,10H,2,4-7,11H2,(H2,17,18,19). The van der Waals surface area contributed by atoms with Gasteiger partial charge in [-0.25, -0.2) is 4.98 Å². The summed E-state index contributed by atoms with van der Waals surface area (Å²) in [5, 5.41) is 11.0. The number of nitrogens with zero attached hydrogens (tertiary/aromatic N) is 5. The molecule has 22 heavy (non-hydrogen) atoms. The molecule has 7 heteroatoms. The molecule has 2 aromatic rings. The number of nitrogen functional groups attached to an aromatic ring is 1. The van der Waals surface area contributed by atoms with Crippen molar-refractivity contribution in [1.29, 1.82) is 5.26 Å². The number of rotatable bonds is 3. The molecule has 0 radical (unpaired) electrons. The molecule has 0 saturated carbocycles. The fraction of sp³-hybridized carbons (Fsp3) is 0.400. The zero-order valence-corrected chi connectivity index (χ0v) is 13.1. The number of anilines is 2. The van der Waals surface area contributed by atoms with Crippen LogP contribution in [0.5, 0.6) is 0 Å². The van der Waals surface area contributed by atoms with E-state index < -0.39 is 0 Å². The predicted molar refractivity (Wildman–Crippen MR) is 87.6 cm³/mol. The van der Waals surface area contributed by atoms with Crippen molar-refractivity contribution in [3.05, 3.63) is 34.2 Å². The van der Waals surface area contributed by atoms with Crippen LogP contribution in [-0.4, -0.2) is 41.0 Å². The van der Waals surface area contributed by atoms with E-state index in [4.69, 9.17) is 11.0 Å². The van der Waals surface area contributed by atoms with Crippen LogP contribution in [0.3, 0.4) is 0 Å². The molecule has 2 N–H and O–H groups in total. The number of aromatic nitrogens is 2. The van der Waals surface area contributed by atoms with Crippen molar-refractivity contribution in [2.24, 2.45) is 0 Å². The lowest BCUT2D eigenvalue weighted by Crippen LogP contribution is -2.31. The SMILES string of the molecule is N#Cc1cnc(N2CCCN(Cc3cccs3)CC2)nc1N. The molecule has 0 atom stereocenters. The molecule has 2 aromatic heterocycles. The summed E-state index contributed by atoms with van der Waals surface area (Å²) < 4.78 is 0. The van der Waals surface area contributed by atoms with Crippen molar-refractivity contribution in [3.63, 3.8) is 0 Å². The van der Waals surface area contributed by atoms with E-state index in [2.05, 4.69) is 37.3 Å². The van der Waals surface area contributed by atoms with Gasteiger partial charge in [-0.1, -0.05) is 6.07 Å². The molecule has 114 valence electrons. The Labute approximate surface area is 133 Å². The topological polar surface area (TPSA) is 82.1 Å². The van der Waals surface area contributed by atoms with Crippen LogP contribution in [0.2, 0.25) is 0 Å². The van der Waals surface area contributed by atoms with E-state index in [0.717, 1.165) is 39.1 Å². The number of hydrogen-bond acceptors (Lipinski definition) is 7. The summed E-state index contributed by atoms with van der Waals surface area (Å²) in [4.78, 5) is 14.5. The third-order valence-corrected chi connectivity index (χ3v) is 4.62. The van der Waals surface area contributed by atoms with Gasteiger partial charge in [-0.05, 0) is 17.9 Å². The molecule has 0 unspecified atom stereocenters. The molecule has 0 amide bonds. The largest absolute Gasteiger partial charge is 0.382 e. The smallest absolute Gasteiger partial charge is 0.227 e. The Hall–Kier alpha value is -2.17. The van der Waals surface area contributed by atoms with Crippen molar-refractivity contribution >= 4 is 23.1 Å². The normalized spacial score (nSPS) is 16.2. The van der Waals surface area contributed by atoms with Gasteiger partial charge >= 0.3 is 0 Å². The molecule has 1 fully saturated rings. The van der Waals surface area contributed by atoms with Crippen LogP contribution in [0, 0.1) is 11.3 Å². The first-order valence-corrected chi connectivity index (χ1v) is 8.16. The van der Waals surface area contributed by atoms with Crippen LogP contribution < -0.4 is 10.6 Å². The average molecular weight is 314 g/mol. The number of hydrogen-bond donors (Lipinski definition) is 1. The van der Waals surface area contributed by atoms with E-state index in [0.29, 0.717) is 11.5 Å². The first kappa shape index (κ1) is 14.8. The van der Waals surface area contributed by atoms with Gasteiger partial charge in [0, 0.05) is 37.6 Å². The summed E-state index contributed by atoms with van der Waals surface area (Å²) in [6.07, 6.45) is 2.57. The van der Waals surface area contributed by atoms with Crippen molar-refractivity contribution < 1.29 is 0 Å². The first-order chi connectivity index (χ1) is 10.8. The van der Waals surface area contributed by atoms with Gasteiger partial charge in [-0.15, -0.1) is 11.3 Å². The molecule has 0 aliphatic carbocycles. The maximum absolute atomic E-state index is 8.89. The second-order valence-corrected chi connectivity index (χ2v) is 6.31. The zero-order chi connectivity index (χ0) is 15.4. The summed E-state index contributed by atoms with van der Waals surface area (Å²) in [6, 6.07) is 6.27. The first-order valence-electron chi connectivity index (χ1n) is 7.28. The molecule has 1 aliphatic rings. The van der Waals surface area contributed by atoms with Crippen molar-refractivity contribution in [2.45, 2.75) is 13.0 Å². The average Bonchev–Trinajstić information content (AvgIpc) is 2.92. The van der Waals surface area contributed by atoms with Gasteiger partial charge in [0.1, 0.15) is 17.5 Å². The number of nitriles is 1. The Morgan fingerprint density at radius 3 is 2.95 bits per heavy atom. The van der Waals surface area contributed by atoms with Crippen LogP contribution in [-0.2, 0) is 6.54 Å². The molecular formula is C15H18N6S. The van der Waals surface area contributed by atoms with Gasteiger partial charge in [-0.2, -0.15) is 10.2 Å². The highest BCUT2D eigenvalue weighted by Gasteiger charge is 2.18. The lowest BCUT2D eigenvalue weighted by atomic mass is 10.3. The fourth-order valence-electron chi connectivity index (χ4n) is 2.58. The minimum absolute atomic E-state index is 0.257. The summed E-state index contributed by atoms with van der Waals surface area (Å²) in [5.74, 6) is 0.877. The zero-order valence-electron chi connectivity index (χ0n) is 12.3. The molecule has 0 aromatic carbocycles. The molecule has 1 saturated heterocycles. The Bertz CT molecular complexity index is 663. The van der Waals surface area contributed by atoms with E-state index in [1.807, 2.05) is 6.07 Å². The molecule has 3 rings (SSSR count). The van der Waals surface area contributed by atoms with Crippen molar-refractivity contribution in [2.75, 3.05) is 36.8 Å². The van der Waals surface area contributed by atoms with Gasteiger partial charge in [0.2, 0.25) is 5.95 Å². The van der Waals surface area contributed by atoms with E-state index in [1.54, 1.807) is 11.3 Å². The Morgan fingerprint density at radius 2 is 2.23 bits per heavy atom. The van der Waals surface area contributed by atoms with E-state index in [-0.39, 0.29) is 5.82 Å². The highest BCUT2D eigenvalue weighted by Crippen LogP contribution is 2.17. The highest BCUT2D eigenvalue weighted by molar-refractivity contribution is 7.09. The molecule has 0 spiro atoms. The van der Waals surface area contributed by atoms with Gasteiger partial charge < -0.3 is 10.6 Å². The summed E-state index contributed by atoms with van der Waals surface area (Å²) >= 11 is 1.80. The third kappa shape index (κ3) is 3.35. The van der Waals surface area contributed by atoms with Crippen LogP contribution in [0.25, 0.3) is 0 Å². The fourth-order valence-corrected chi connectivity index (χ4v) is 3.32. The summed E-state index contributed by atoms with van der Waals surface area (Å²) in [6.45, 7) is 4.83. The molecule has 3 heterocycles. The highest BCUT2D eigenvalue weighted by atomic mass is 32.1. The lowest BCUT2D eigenvalue weighted by Gasteiger charge is -2.21. The van der Waals surface area contributed by atoms with Gasteiger partial charge in [0.05, 0.1) is 6.20 Å². The van der Waals surface area contributed by atoms with E-state index >= 15 is 0 Å². The Balaban J connectivity index is 1.65. The van der Waals surface area contributed by atoms with Gasteiger partial charge in [0.25, 0.3) is 0 Å². The lowest BCUT2D eigenvalue weighted by molar-refractivity contribution is 0.288. The van der Waals surface area contributed by atoms with E-state index in [1.165, 1.54) is 11.1 Å². The predicted octanol–water partition coefficient (Wildman–Crippen LogP) is 1.70. The minimum Gasteiger partial charge on any atom is -0.382 e. The molecular weight excluding hydrogens is 296 g/mol. The summed E-state index contributed by atoms with van der Waals surface area (Å²) in [5.41, 5.74) is 6.12. The second-order valence-electron chi connectivity index (χ2n) is 5.28. The van der Waals surface area contributed by atoms with Crippen molar-refractivity contribution in [1.82, 2.24) is 14.9 Å². The summed E-state index contributed by atoms with van der Waals surface area (Å²) in [7, 11) is 0. The van der Waals surface area contributed by atoms with Crippen LogP contribution in [0.1, 0.15) is 16.9 Å².